The zero-order valence-corrected chi connectivity index (χ0v) is 44.8. The minimum absolute atomic E-state index is 0. The van der Waals surface area contributed by atoms with Crippen LogP contribution in [0.25, 0.3) is 44.5 Å². The van der Waals surface area contributed by atoms with Gasteiger partial charge >= 0.3 is 41.7 Å². The van der Waals surface area contributed by atoms with Crippen molar-refractivity contribution in [2.24, 2.45) is 0 Å². The Hall–Kier alpha value is -6.26. The molecule has 0 aliphatic heterocycles. The van der Waals surface area contributed by atoms with Crippen LogP contribution in [0.1, 0.15) is 0 Å². The van der Waals surface area contributed by atoms with Crippen molar-refractivity contribution >= 4 is 40.5 Å². The molecule has 0 bridgehead atoms. The predicted octanol–water partition coefficient (Wildman–Crippen LogP) is 11.3. The molecule has 0 atom stereocenters. The van der Waals surface area contributed by atoms with Crippen molar-refractivity contribution in [2.45, 2.75) is 19.6 Å². The van der Waals surface area contributed by atoms with Gasteiger partial charge in [-0.05, 0) is 68.8 Å². The van der Waals surface area contributed by atoms with Gasteiger partial charge in [0.25, 0.3) is 0 Å². The zero-order valence-electron chi connectivity index (χ0n) is 38.4. The summed E-state index contributed by atoms with van der Waals surface area (Å²) in [6.07, 6.45) is 0. The molecule has 0 spiro atoms. The first kappa shape index (κ1) is 59.3. The van der Waals surface area contributed by atoms with Gasteiger partial charge in [-0.15, -0.1) is 0 Å². The molecule has 0 aromatic heterocycles. The second-order valence-electron chi connectivity index (χ2n) is 14.8. The summed E-state index contributed by atoms with van der Waals surface area (Å²) < 4.78 is 136. The van der Waals surface area contributed by atoms with Gasteiger partial charge in [-0.2, -0.15) is 0 Å². The van der Waals surface area contributed by atoms with Crippen LogP contribution in [0.5, 0.6) is 0 Å². The maximum absolute atomic E-state index is 11.3. The fourth-order valence-corrected chi connectivity index (χ4v) is 9.48. The fraction of sp³-hybridized carbons (Fsp3) is 0. The van der Waals surface area contributed by atoms with Crippen LogP contribution in [-0.4, -0.2) is 51.9 Å². The van der Waals surface area contributed by atoms with Gasteiger partial charge in [0.1, 0.15) is 40.5 Å². The Balaban J connectivity index is 0.000000210. The molecule has 17 heteroatoms. The quantitative estimate of drug-likeness (QED) is 0.150. The molecular weight excluding hydrogens is 1130 g/mol. The van der Waals surface area contributed by atoms with Crippen molar-refractivity contribution in [2.75, 3.05) is 0 Å². The average Bonchev–Trinajstić information content (AvgIpc) is 3.23. The molecule has 0 saturated heterocycles. The molecule has 0 unspecified atom stereocenters. The van der Waals surface area contributed by atoms with Gasteiger partial charge in [0.2, 0.25) is 0 Å². The van der Waals surface area contributed by atoms with Crippen LogP contribution in [-0.2, 0) is 40.5 Å². The molecular formula is C56H44CeO12S4. The van der Waals surface area contributed by atoms with E-state index < -0.39 is 40.5 Å². The fourth-order valence-electron chi connectivity index (χ4n) is 6.68. The molecule has 0 saturated carbocycles. The molecule has 0 aromatic carbocycles. The molecule has 8 aliphatic rings. The van der Waals surface area contributed by atoms with Crippen molar-refractivity contribution in [1.82, 2.24) is 0 Å². The predicted molar refractivity (Wildman–Crippen MR) is 275 cm³/mol. The monoisotopic (exact) mass is 1180 g/mol. The van der Waals surface area contributed by atoms with E-state index in [0.717, 1.165) is 0 Å². The molecule has 0 heterocycles. The van der Waals surface area contributed by atoms with Crippen molar-refractivity contribution in [3.8, 4) is 44.5 Å². The summed E-state index contributed by atoms with van der Waals surface area (Å²) in [5.74, 6) is 0. The second-order valence-corrected chi connectivity index (χ2v) is 20.2. The van der Waals surface area contributed by atoms with Crippen LogP contribution in [0.2, 0.25) is 0 Å². The van der Waals surface area contributed by atoms with Crippen LogP contribution in [0.4, 0.5) is 0 Å². The summed E-state index contributed by atoms with van der Waals surface area (Å²) >= 11 is 0. The molecule has 0 N–H and O–H groups in total. The van der Waals surface area contributed by atoms with Gasteiger partial charge in [0, 0.05) is 0 Å². The molecule has 73 heavy (non-hydrogen) atoms. The number of hydrogen-bond acceptors (Lipinski definition) is 12. The Morgan fingerprint density at radius 3 is 0.466 bits per heavy atom. The zero-order chi connectivity index (χ0) is 52.0. The van der Waals surface area contributed by atoms with Gasteiger partial charge in [-0.25, -0.2) is 33.7 Å². The van der Waals surface area contributed by atoms with E-state index in [1.165, 1.54) is 48.5 Å². The third kappa shape index (κ3) is 19.3. The van der Waals surface area contributed by atoms with Crippen molar-refractivity contribution in [3.63, 3.8) is 0 Å². The van der Waals surface area contributed by atoms with E-state index in [-0.39, 0.29) is 61.3 Å². The van der Waals surface area contributed by atoms with Crippen molar-refractivity contribution in [1.29, 1.82) is 0 Å². The maximum atomic E-state index is 11.3. The number of hydrogen-bond donors (Lipinski definition) is 0. The van der Waals surface area contributed by atoms with Gasteiger partial charge in [-0.3, -0.25) is 0 Å². The summed E-state index contributed by atoms with van der Waals surface area (Å²) in [6.45, 7) is 0. The first-order chi connectivity index (χ1) is 34.4. The van der Waals surface area contributed by atoms with E-state index in [9.17, 15) is 51.9 Å². The molecule has 12 nitrogen and oxygen atoms in total. The first-order valence-electron chi connectivity index (χ1n) is 21.4. The van der Waals surface area contributed by atoms with E-state index in [1.807, 2.05) is 24.3 Å². The van der Waals surface area contributed by atoms with Gasteiger partial charge < -0.3 is 18.2 Å². The molecule has 0 fully saturated rings. The molecule has 8 aliphatic carbocycles. The largest absolute Gasteiger partial charge is 4.00 e. The van der Waals surface area contributed by atoms with E-state index in [0.29, 0.717) is 44.5 Å². The maximum Gasteiger partial charge on any atom is 4.00 e. The number of rotatable bonds is 4. The Labute approximate surface area is 460 Å². The van der Waals surface area contributed by atoms with Crippen molar-refractivity contribution in [3.05, 3.63) is 267 Å². The Morgan fingerprint density at radius 1 is 0.192 bits per heavy atom. The molecule has 0 radical (unpaired) electrons. The van der Waals surface area contributed by atoms with Crippen LogP contribution in [0, 0.1) is 41.7 Å². The van der Waals surface area contributed by atoms with Crippen LogP contribution >= 0.6 is 0 Å². The van der Waals surface area contributed by atoms with Crippen LogP contribution in [0.15, 0.2) is 287 Å². The Morgan fingerprint density at radius 2 is 0.315 bits per heavy atom. The standard InChI is InChI=1S/4C14H12O3S.Ce/c4*15-18(16,17)14-11-7-3-5-9-12-8-4-1-2-6-10-13(12)14;/h4*1-11H,(H,15,16,17);/q;;;;+4/p-4. The van der Waals surface area contributed by atoms with E-state index in [2.05, 4.69) is 0 Å². The molecule has 8 rings (SSSR count). The molecule has 0 amide bonds. The van der Waals surface area contributed by atoms with Gasteiger partial charge in [0.05, 0.1) is 19.6 Å². The van der Waals surface area contributed by atoms with E-state index >= 15 is 0 Å². The molecule has 0 aromatic rings. The topological polar surface area (TPSA) is 229 Å². The SMILES string of the molecule is O=S(=O)([O-])c1cccccc2ccccccc1-2.O=S(=O)([O-])c1cccccc2ccccccc1-2.O=S(=O)([O-])c1cccccc2ccccccc1-2.O=S(=O)([O-])c1cccccc2ccccccc1-2.[Ce+4]. The minimum atomic E-state index is -4.51. The smallest absolute Gasteiger partial charge is 0.744 e. The normalized spacial score (nSPS) is 10.8. The third-order valence-corrected chi connectivity index (χ3v) is 13.4. The van der Waals surface area contributed by atoms with Gasteiger partial charge in [-0.1, -0.05) is 243 Å². The Bertz CT molecular complexity index is 3180. The van der Waals surface area contributed by atoms with E-state index in [4.69, 9.17) is 0 Å². The summed E-state index contributed by atoms with van der Waals surface area (Å²) in [7, 11) is -18.0. The summed E-state index contributed by atoms with van der Waals surface area (Å²) in [5, 5.41) is 0. The van der Waals surface area contributed by atoms with Crippen molar-refractivity contribution < 1.29 is 93.6 Å². The summed E-state index contributed by atoms with van der Waals surface area (Å²) in [6, 6.07) is 74.4. The first-order valence-corrected chi connectivity index (χ1v) is 27.1. The van der Waals surface area contributed by atoms with E-state index in [1.54, 1.807) is 194 Å². The Kier molecular flexibility index (Phi) is 23.4. The third-order valence-electron chi connectivity index (χ3n) is 9.85. The second kappa shape index (κ2) is 28.8. The minimum Gasteiger partial charge on any atom is -0.744 e. The molecule has 368 valence electrons. The van der Waals surface area contributed by atoms with Crippen LogP contribution < -0.4 is 0 Å². The van der Waals surface area contributed by atoms with Gasteiger partial charge in [0.15, 0.2) is 0 Å². The average molecular weight is 1180 g/mol. The summed E-state index contributed by atoms with van der Waals surface area (Å²) in [5.41, 5.74) is 4.38. The number of fused-ring (bicyclic) bond motifs is 4. The van der Waals surface area contributed by atoms with Crippen LogP contribution in [0.3, 0.4) is 0 Å². The summed E-state index contributed by atoms with van der Waals surface area (Å²) in [4.78, 5) is -0.854.